The number of nitrogens with zero attached hydrogens (tertiary/aromatic N) is 6. The van der Waals surface area contributed by atoms with E-state index in [0.29, 0.717) is 34.4 Å². The Morgan fingerprint density at radius 3 is 2.49 bits per heavy atom. The van der Waals surface area contributed by atoms with Gasteiger partial charge < -0.3 is 10.4 Å². The maximum absolute atomic E-state index is 12.2. The highest BCUT2D eigenvalue weighted by Crippen LogP contribution is 2.40. The molecule has 4 rings (SSSR count). The van der Waals surface area contributed by atoms with Crippen molar-refractivity contribution in [2.75, 3.05) is 16.4 Å². The van der Waals surface area contributed by atoms with Crippen LogP contribution in [0.25, 0.3) is 10.8 Å². The third-order valence-electron chi connectivity index (χ3n) is 5.24. The van der Waals surface area contributed by atoms with Gasteiger partial charge in [-0.2, -0.15) is 25.3 Å². The van der Waals surface area contributed by atoms with Gasteiger partial charge >= 0.3 is 0 Å². The summed E-state index contributed by atoms with van der Waals surface area (Å²) in [5.41, 5.74) is 2.04. The number of halogens is 1. The smallest absolute Gasteiger partial charge is 0.242 e. The zero-order chi connectivity index (χ0) is 26.6. The van der Waals surface area contributed by atoms with E-state index in [1.807, 2.05) is 13.0 Å². The number of nitrogens with one attached hydrogen (secondary N) is 2. The van der Waals surface area contributed by atoms with Gasteiger partial charge in [0, 0.05) is 11.1 Å². The average Bonchev–Trinajstić information content (AvgIpc) is 2.84. The maximum Gasteiger partial charge on any atom is 0.242 e. The van der Waals surface area contributed by atoms with Crippen molar-refractivity contribution in [1.82, 2.24) is 15.0 Å². The van der Waals surface area contributed by atoms with Crippen molar-refractivity contribution in [1.29, 1.82) is 5.26 Å². The number of aromatic nitrogens is 3. The van der Waals surface area contributed by atoms with Crippen LogP contribution in [0.2, 0.25) is 5.28 Å². The summed E-state index contributed by atoms with van der Waals surface area (Å²) in [6, 6.07) is 13.2. The molecule has 11 nitrogen and oxygen atoms in total. The van der Waals surface area contributed by atoms with E-state index in [2.05, 4.69) is 35.8 Å². The molecule has 0 aliphatic rings. The van der Waals surface area contributed by atoms with Crippen LogP contribution < -0.4 is 10.6 Å². The Balaban J connectivity index is 1.59. The van der Waals surface area contributed by atoms with E-state index in [4.69, 9.17) is 16.9 Å². The predicted octanol–water partition coefficient (Wildman–Crippen LogP) is 5.93. The first-order valence-corrected chi connectivity index (χ1v) is 13.1. The SMILES string of the molecule is CCCS(=O)(=O)c1ccc(N=Nc2c(C)cc3cc(Nc4nc(Cl)nc(NC#N)n4)ccc3c2O)cc1. The van der Waals surface area contributed by atoms with Crippen molar-refractivity contribution in [3.63, 3.8) is 0 Å². The molecule has 37 heavy (non-hydrogen) atoms. The summed E-state index contributed by atoms with van der Waals surface area (Å²) >= 11 is 5.89. The third-order valence-corrected chi connectivity index (χ3v) is 7.35. The Labute approximate surface area is 217 Å². The fourth-order valence-corrected chi connectivity index (χ4v) is 5.06. The van der Waals surface area contributed by atoms with E-state index in [9.17, 15) is 13.5 Å². The molecule has 0 spiro atoms. The Morgan fingerprint density at radius 1 is 1.05 bits per heavy atom. The van der Waals surface area contributed by atoms with E-state index in [1.165, 1.54) is 12.1 Å². The minimum atomic E-state index is -3.31. The molecule has 0 saturated carbocycles. The van der Waals surface area contributed by atoms with E-state index in [-0.39, 0.29) is 33.6 Å². The number of rotatable bonds is 8. The molecule has 0 saturated heterocycles. The Bertz CT molecular complexity index is 1650. The summed E-state index contributed by atoms with van der Waals surface area (Å²) in [5.74, 6) is 0.178. The van der Waals surface area contributed by atoms with Gasteiger partial charge in [0.2, 0.25) is 17.2 Å². The average molecular weight is 537 g/mol. The summed E-state index contributed by atoms with van der Waals surface area (Å²) in [5, 5.41) is 34.5. The lowest BCUT2D eigenvalue weighted by molar-refractivity contribution is 0.482. The van der Waals surface area contributed by atoms with Gasteiger partial charge in [-0.15, -0.1) is 5.11 Å². The molecule has 0 atom stereocenters. The van der Waals surface area contributed by atoms with Crippen LogP contribution in [0.5, 0.6) is 5.75 Å². The van der Waals surface area contributed by atoms with Gasteiger partial charge in [-0.3, -0.25) is 5.32 Å². The molecule has 0 unspecified atom stereocenters. The van der Waals surface area contributed by atoms with Crippen molar-refractivity contribution >= 4 is 61.2 Å². The molecular weight excluding hydrogens is 516 g/mol. The van der Waals surface area contributed by atoms with E-state index in [0.717, 1.165) is 5.39 Å². The number of phenols is 1. The number of anilines is 3. The molecule has 0 fully saturated rings. The van der Waals surface area contributed by atoms with Crippen LogP contribution in [0.15, 0.2) is 63.7 Å². The van der Waals surface area contributed by atoms with Gasteiger partial charge in [0.25, 0.3) is 0 Å². The summed E-state index contributed by atoms with van der Waals surface area (Å²) in [7, 11) is -3.31. The zero-order valence-electron chi connectivity index (χ0n) is 19.8. The van der Waals surface area contributed by atoms with Crippen molar-refractivity contribution in [3.8, 4) is 11.9 Å². The fraction of sp³-hybridized carbons (Fsp3) is 0.167. The maximum atomic E-state index is 12.2. The highest BCUT2D eigenvalue weighted by Gasteiger charge is 2.14. The molecule has 3 N–H and O–H groups in total. The molecule has 4 aromatic rings. The van der Waals surface area contributed by atoms with E-state index < -0.39 is 9.84 Å². The van der Waals surface area contributed by atoms with Crippen LogP contribution in [0, 0.1) is 18.4 Å². The highest BCUT2D eigenvalue weighted by molar-refractivity contribution is 7.91. The molecule has 1 heterocycles. The lowest BCUT2D eigenvalue weighted by Gasteiger charge is -2.10. The number of sulfone groups is 1. The molecular formula is C24H21ClN8O3S. The standard InChI is InChI=1S/C24H21ClN8O3S/c1-3-10-37(35,36)18-7-4-16(5-8-18)32-33-20-14(2)11-15-12-17(6-9-19(15)21(20)34)28-24-30-22(25)29-23(31-24)27-13-26/h4-9,11-12,34H,3,10H2,1-2H3,(H2,27,28,29,30,31). The predicted molar refractivity (Wildman–Crippen MR) is 141 cm³/mol. The fourth-order valence-electron chi connectivity index (χ4n) is 3.57. The van der Waals surface area contributed by atoms with Crippen molar-refractivity contribution < 1.29 is 13.5 Å². The second-order valence-corrected chi connectivity index (χ2v) is 10.4. The molecule has 0 radical (unpaired) electrons. The summed E-state index contributed by atoms with van der Waals surface area (Å²) in [4.78, 5) is 12.1. The van der Waals surface area contributed by atoms with Gasteiger partial charge in [-0.25, -0.2) is 8.42 Å². The van der Waals surface area contributed by atoms with Gasteiger partial charge in [0.05, 0.1) is 16.3 Å². The molecule has 0 amide bonds. The molecule has 0 aliphatic heterocycles. The number of hydrogen-bond acceptors (Lipinski definition) is 11. The summed E-state index contributed by atoms with van der Waals surface area (Å²) < 4.78 is 24.4. The number of fused-ring (bicyclic) bond motifs is 1. The van der Waals surface area contributed by atoms with E-state index in [1.54, 1.807) is 43.4 Å². The van der Waals surface area contributed by atoms with Crippen LogP contribution >= 0.6 is 11.6 Å². The summed E-state index contributed by atoms with van der Waals surface area (Å²) in [6.45, 7) is 3.60. The van der Waals surface area contributed by atoms with E-state index >= 15 is 0 Å². The lowest BCUT2D eigenvalue weighted by atomic mass is 10.0. The zero-order valence-corrected chi connectivity index (χ0v) is 21.3. The topological polar surface area (TPSA) is 166 Å². The number of aryl methyl sites for hydroxylation is 1. The number of benzene rings is 3. The number of hydrogen-bond donors (Lipinski definition) is 3. The quantitative estimate of drug-likeness (QED) is 0.140. The van der Waals surface area contributed by atoms with Crippen molar-refractivity contribution in [3.05, 3.63) is 59.4 Å². The normalized spacial score (nSPS) is 11.5. The van der Waals surface area contributed by atoms with Crippen LogP contribution in [0.4, 0.5) is 29.0 Å². The Hall–Kier alpha value is -4.34. The number of nitriles is 1. The number of aromatic hydroxyl groups is 1. The van der Waals surface area contributed by atoms with Gasteiger partial charge in [-0.05, 0) is 84.4 Å². The van der Waals surface area contributed by atoms with Crippen molar-refractivity contribution in [2.24, 2.45) is 10.2 Å². The number of azo groups is 1. The van der Waals surface area contributed by atoms with Gasteiger partial charge in [0.1, 0.15) is 5.69 Å². The lowest BCUT2D eigenvalue weighted by Crippen LogP contribution is -2.05. The minimum absolute atomic E-state index is 0.00602. The minimum Gasteiger partial charge on any atom is -0.505 e. The van der Waals surface area contributed by atoms with Crippen LogP contribution in [0.3, 0.4) is 0 Å². The highest BCUT2D eigenvalue weighted by atomic mass is 35.5. The second kappa shape index (κ2) is 10.7. The van der Waals surface area contributed by atoms with Crippen LogP contribution in [-0.4, -0.2) is 34.2 Å². The monoisotopic (exact) mass is 536 g/mol. The molecule has 1 aromatic heterocycles. The van der Waals surface area contributed by atoms with Crippen molar-refractivity contribution in [2.45, 2.75) is 25.2 Å². The summed E-state index contributed by atoms with van der Waals surface area (Å²) in [6.07, 6.45) is 2.26. The van der Waals surface area contributed by atoms with Gasteiger partial charge in [-0.1, -0.05) is 6.92 Å². The Morgan fingerprint density at radius 2 is 1.78 bits per heavy atom. The van der Waals surface area contributed by atoms with Crippen LogP contribution in [0.1, 0.15) is 18.9 Å². The Kier molecular flexibility index (Phi) is 7.47. The second-order valence-electron chi connectivity index (χ2n) is 7.95. The first-order chi connectivity index (χ1) is 17.7. The molecule has 0 aliphatic carbocycles. The third kappa shape index (κ3) is 5.91. The first kappa shape index (κ1) is 25.7. The van der Waals surface area contributed by atoms with Crippen LogP contribution in [-0.2, 0) is 9.84 Å². The number of phenolic OH excluding ortho intramolecular Hbond substituents is 1. The molecule has 3 aromatic carbocycles. The molecule has 13 heteroatoms. The largest absolute Gasteiger partial charge is 0.505 e. The molecule has 0 bridgehead atoms. The van der Waals surface area contributed by atoms with Gasteiger partial charge in [0.15, 0.2) is 21.8 Å². The molecule has 188 valence electrons. The first-order valence-electron chi connectivity index (χ1n) is 11.0.